The molecule has 1 aliphatic heterocycles. The molecule has 1 fully saturated rings. The van der Waals surface area contributed by atoms with Crippen LogP contribution in [0.5, 0.6) is 0 Å². The standard InChI is InChI=1S/C19H35N3O6.ClH/c1-13(2)11-14(20(6)18(27)28-19(3,4)5)16(24)22-8-7-21(9-10-23)12-15(22)17(25)26;/h13-15,23H,7-12H2,1-6H3,(H,25,26);1H/t14?,15-;/m1./s1. The number of rotatable bonds is 7. The molecule has 9 nitrogen and oxygen atoms in total. The number of halogens is 1. The number of amides is 2. The minimum atomic E-state index is -1.10. The normalized spacial score (nSPS) is 18.8. The third-order valence-electron chi connectivity index (χ3n) is 4.58. The number of hydrogen-bond acceptors (Lipinski definition) is 6. The van der Waals surface area contributed by atoms with E-state index in [1.54, 1.807) is 20.8 Å². The van der Waals surface area contributed by atoms with Crippen molar-refractivity contribution < 1.29 is 29.3 Å². The Morgan fingerprint density at radius 2 is 1.79 bits per heavy atom. The van der Waals surface area contributed by atoms with Crippen LogP contribution in [0.2, 0.25) is 0 Å². The molecule has 0 aromatic rings. The topological polar surface area (TPSA) is 111 Å². The van der Waals surface area contributed by atoms with E-state index in [0.29, 0.717) is 19.5 Å². The fraction of sp³-hybridized carbons (Fsp3) is 0.842. The number of likely N-dealkylation sites (N-methyl/N-ethyl adjacent to an activating group) is 1. The quantitative estimate of drug-likeness (QED) is 0.617. The smallest absolute Gasteiger partial charge is 0.410 e. The van der Waals surface area contributed by atoms with Crippen LogP contribution in [-0.2, 0) is 14.3 Å². The summed E-state index contributed by atoms with van der Waals surface area (Å²) in [5, 5.41) is 18.7. The molecular weight excluding hydrogens is 402 g/mol. The maximum absolute atomic E-state index is 13.3. The molecule has 1 saturated heterocycles. The van der Waals surface area contributed by atoms with Gasteiger partial charge in [0, 0.05) is 33.2 Å². The van der Waals surface area contributed by atoms with E-state index >= 15 is 0 Å². The van der Waals surface area contributed by atoms with Crippen molar-refractivity contribution in [2.24, 2.45) is 5.92 Å². The molecule has 0 aromatic carbocycles. The summed E-state index contributed by atoms with van der Waals surface area (Å²) in [5.74, 6) is -1.37. The van der Waals surface area contributed by atoms with E-state index in [2.05, 4.69) is 0 Å². The monoisotopic (exact) mass is 437 g/mol. The molecule has 10 heteroatoms. The van der Waals surface area contributed by atoms with Gasteiger partial charge in [-0.1, -0.05) is 13.8 Å². The average molecular weight is 438 g/mol. The lowest BCUT2D eigenvalue weighted by atomic mass is 10.00. The van der Waals surface area contributed by atoms with Gasteiger partial charge in [0.15, 0.2) is 0 Å². The molecule has 2 atom stereocenters. The largest absolute Gasteiger partial charge is 0.480 e. The molecule has 170 valence electrons. The molecule has 0 saturated carbocycles. The Labute approximate surface area is 179 Å². The molecule has 0 aromatic heterocycles. The Bertz CT molecular complexity index is 567. The van der Waals surface area contributed by atoms with Crippen LogP contribution in [-0.4, -0.2) is 100 Å². The second kappa shape index (κ2) is 11.6. The molecule has 0 radical (unpaired) electrons. The van der Waals surface area contributed by atoms with Gasteiger partial charge < -0.3 is 19.8 Å². The summed E-state index contributed by atoms with van der Waals surface area (Å²) < 4.78 is 5.39. The van der Waals surface area contributed by atoms with Crippen molar-refractivity contribution in [3.63, 3.8) is 0 Å². The Morgan fingerprint density at radius 3 is 2.24 bits per heavy atom. The minimum Gasteiger partial charge on any atom is -0.480 e. The summed E-state index contributed by atoms with van der Waals surface area (Å²) in [5.41, 5.74) is -0.698. The number of β-amino-alcohol motifs (C(OH)–C–C–N with tert-alkyl or cyclic N) is 1. The molecule has 1 rings (SSSR count). The highest BCUT2D eigenvalue weighted by atomic mass is 35.5. The average Bonchev–Trinajstić information content (AvgIpc) is 2.57. The maximum atomic E-state index is 13.3. The van der Waals surface area contributed by atoms with E-state index < -0.39 is 35.7 Å². The zero-order valence-electron chi connectivity index (χ0n) is 18.3. The van der Waals surface area contributed by atoms with E-state index in [1.165, 1.54) is 16.8 Å². The Kier molecular flexibility index (Phi) is 10.9. The lowest BCUT2D eigenvalue weighted by molar-refractivity contribution is -0.156. The zero-order chi connectivity index (χ0) is 21.6. The summed E-state index contributed by atoms with van der Waals surface area (Å²) >= 11 is 0. The molecular formula is C19H36ClN3O6. The van der Waals surface area contributed by atoms with Crippen molar-refractivity contribution in [1.29, 1.82) is 0 Å². The van der Waals surface area contributed by atoms with Gasteiger partial charge in [0.05, 0.1) is 6.61 Å². The maximum Gasteiger partial charge on any atom is 0.410 e. The van der Waals surface area contributed by atoms with Gasteiger partial charge in [-0.25, -0.2) is 9.59 Å². The molecule has 2 amide bonds. The van der Waals surface area contributed by atoms with Gasteiger partial charge in [-0.05, 0) is 33.1 Å². The first-order valence-electron chi connectivity index (χ1n) is 9.69. The summed E-state index contributed by atoms with van der Waals surface area (Å²) in [6.07, 6.45) is -0.213. The first-order valence-corrected chi connectivity index (χ1v) is 9.69. The highest BCUT2D eigenvalue weighted by molar-refractivity contribution is 5.89. The van der Waals surface area contributed by atoms with E-state index in [1.807, 2.05) is 18.7 Å². The Balaban J connectivity index is 0.00000784. The molecule has 1 aliphatic rings. The molecule has 0 spiro atoms. The lowest BCUT2D eigenvalue weighted by Gasteiger charge is -2.42. The number of carboxylic acids is 1. The first-order chi connectivity index (χ1) is 12.9. The second-order valence-corrected chi connectivity index (χ2v) is 8.65. The molecule has 0 bridgehead atoms. The fourth-order valence-corrected chi connectivity index (χ4v) is 3.18. The van der Waals surface area contributed by atoms with Crippen molar-refractivity contribution in [2.75, 3.05) is 39.8 Å². The number of ether oxygens (including phenoxy) is 1. The molecule has 0 aliphatic carbocycles. The predicted octanol–water partition coefficient (Wildman–Crippen LogP) is 1.28. The van der Waals surface area contributed by atoms with Crippen LogP contribution in [0, 0.1) is 5.92 Å². The molecule has 29 heavy (non-hydrogen) atoms. The van der Waals surface area contributed by atoms with Crippen molar-refractivity contribution in [3.05, 3.63) is 0 Å². The van der Waals surface area contributed by atoms with Crippen molar-refractivity contribution in [2.45, 2.75) is 58.7 Å². The third kappa shape index (κ3) is 8.36. The van der Waals surface area contributed by atoms with Gasteiger partial charge in [-0.2, -0.15) is 0 Å². The van der Waals surface area contributed by atoms with Gasteiger partial charge in [-0.3, -0.25) is 14.6 Å². The summed E-state index contributed by atoms with van der Waals surface area (Å²) in [4.78, 5) is 42.0. The highest BCUT2D eigenvalue weighted by Crippen LogP contribution is 2.20. The van der Waals surface area contributed by atoms with Crippen LogP contribution in [0.25, 0.3) is 0 Å². The number of aliphatic carboxylic acids is 1. The number of aliphatic hydroxyl groups is 1. The van der Waals surface area contributed by atoms with Crippen molar-refractivity contribution >= 4 is 30.4 Å². The zero-order valence-corrected chi connectivity index (χ0v) is 19.1. The minimum absolute atomic E-state index is 0. The third-order valence-corrected chi connectivity index (χ3v) is 4.58. The summed E-state index contributed by atoms with van der Waals surface area (Å²) in [6.45, 7) is 10.3. The first kappa shape index (κ1) is 27.4. The Hall–Kier alpha value is -1.58. The summed E-state index contributed by atoms with van der Waals surface area (Å²) in [6, 6.07) is -1.82. The lowest BCUT2D eigenvalue weighted by Crippen LogP contribution is -2.62. The SMILES string of the molecule is CC(C)CC(C(=O)N1CCN(CCO)C[C@@H]1C(=O)O)N(C)C(=O)OC(C)(C)C.Cl. The molecule has 1 unspecified atom stereocenters. The van der Waals surface area contributed by atoms with E-state index in [9.17, 15) is 19.5 Å². The van der Waals surface area contributed by atoms with E-state index in [4.69, 9.17) is 9.84 Å². The van der Waals surface area contributed by atoms with Crippen LogP contribution >= 0.6 is 12.4 Å². The van der Waals surface area contributed by atoms with Crippen molar-refractivity contribution in [3.8, 4) is 0 Å². The van der Waals surface area contributed by atoms with E-state index in [-0.39, 0.29) is 38.0 Å². The van der Waals surface area contributed by atoms with Crippen LogP contribution in [0.1, 0.15) is 41.0 Å². The van der Waals surface area contributed by atoms with E-state index in [0.717, 1.165) is 0 Å². The van der Waals surface area contributed by atoms with Crippen LogP contribution < -0.4 is 0 Å². The van der Waals surface area contributed by atoms with Crippen LogP contribution in [0.3, 0.4) is 0 Å². The molecule has 1 heterocycles. The van der Waals surface area contributed by atoms with Crippen LogP contribution in [0.4, 0.5) is 4.79 Å². The van der Waals surface area contributed by atoms with Crippen LogP contribution in [0.15, 0.2) is 0 Å². The second-order valence-electron chi connectivity index (χ2n) is 8.65. The number of hydrogen-bond donors (Lipinski definition) is 2. The number of carbonyl (C=O) groups excluding carboxylic acids is 2. The number of nitrogens with zero attached hydrogens (tertiary/aromatic N) is 3. The van der Waals surface area contributed by atoms with Gasteiger partial charge in [-0.15, -0.1) is 12.4 Å². The fourth-order valence-electron chi connectivity index (χ4n) is 3.18. The van der Waals surface area contributed by atoms with Gasteiger partial charge in [0.2, 0.25) is 5.91 Å². The van der Waals surface area contributed by atoms with Crippen molar-refractivity contribution in [1.82, 2.24) is 14.7 Å². The predicted molar refractivity (Wildman–Crippen MR) is 111 cm³/mol. The van der Waals surface area contributed by atoms with Gasteiger partial charge in [0.1, 0.15) is 17.7 Å². The Morgan fingerprint density at radius 1 is 1.21 bits per heavy atom. The van der Waals surface area contributed by atoms with Gasteiger partial charge >= 0.3 is 12.1 Å². The number of carboxylic acid groups (broad SMARTS) is 1. The number of piperazine rings is 1. The number of carbonyl (C=O) groups is 3. The highest BCUT2D eigenvalue weighted by Gasteiger charge is 2.40. The number of aliphatic hydroxyl groups excluding tert-OH is 1. The van der Waals surface area contributed by atoms with Gasteiger partial charge in [0.25, 0.3) is 0 Å². The summed E-state index contributed by atoms with van der Waals surface area (Å²) in [7, 11) is 1.51. The molecule has 2 N–H and O–H groups in total.